The molecule has 28 heavy (non-hydrogen) atoms. The molecule has 0 fully saturated rings. The van der Waals surface area contributed by atoms with Gasteiger partial charge in [-0.05, 0) is 30.5 Å². The number of para-hydroxylation sites is 1. The smallest absolute Gasteiger partial charge is 0.246 e. The molecule has 0 aliphatic heterocycles. The summed E-state index contributed by atoms with van der Waals surface area (Å²) in [6.07, 6.45) is 3.76. The van der Waals surface area contributed by atoms with Gasteiger partial charge in [0, 0.05) is 22.8 Å². The molecule has 0 radical (unpaired) electrons. The lowest BCUT2D eigenvalue weighted by atomic mass is 10.2. The molecular weight excluding hydrogens is 390 g/mol. The van der Waals surface area contributed by atoms with Crippen molar-refractivity contribution < 1.29 is 4.79 Å². The van der Waals surface area contributed by atoms with Gasteiger partial charge in [-0.25, -0.2) is 15.1 Å². The number of aryl methyl sites for hydroxylation is 1. The van der Waals surface area contributed by atoms with E-state index in [0.29, 0.717) is 0 Å². The minimum Gasteiger partial charge on any atom is -0.273 e. The number of thiazole rings is 1. The predicted octanol–water partition coefficient (Wildman–Crippen LogP) is 4.06. The lowest BCUT2D eigenvalue weighted by Crippen LogP contribution is -2.19. The Kier molecular flexibility index (Phi) is 5.41. The van der Waals surface area contributed by atoms with E-state index in [1.807, 2.05) is 71.0 Å². The maximum Gasteiger partial charge on any atom is 0.246 e. The molecule has 3 aromatic heterocycles. The Bertz CT molecular complexity index is 1100. The fourth-order valence-electron chi connectivity index (χ4n) is 2.63. The fraction of sp³-hybridized carbons (Fsp3) is 0.100. The minimum atomic E-state index is -0.196. The van der Waals surface area contributed by atoms with Crippen LogP contribution in [0.15, 0.2) is 64.5 Å². The van der Waals surface area contributed by atoms with E-state index in [0.717, 1.165) is 32.5 Å². The number of nitrogens with one attached hydrogen (secondary N) is 1. The van der Waals surface area contributed by atoms with E-state index in [-0.39, 0.29) is 12.3 Å². The lowest BCUT2D eigenvalue weighted by molar-refractivity contribution is -0.120. The highest BCUT2D eigenvalue weighted by molar-refractivity contribution is 7.13. The standard InChI is InChI=1S/C20H17N5OS2/c1-14-13-28-19(22-14)10-18(26)23-21-11-15-12-25(16-6-3-2-4-7-16)24-20(15)17-8-5-9-27-17/h2-9,11-13H,10H2,1H3,(H,23,26)/b21-11-. The van der Waals surface area contributed by atoms with E-state index in [9.17, 15) is 4.79 Å². The number of thiophene rings is 1. The van der Waals surface area contributed by atoms with Crippen molar-refractivity contribution in [3.8, 4) is 16.3 Å². The molecule has 1 N–H and O–H groups in total. The summed E-state index contributed by atoms with van der Waals surface area (Å²) in [6.45, 7) is 1.91. The molecule has 0 saturated carbocycles. The molecule has 4 aromatic rings. The Balaban J connectivity index is 1.53. The van der Waals surface area contributed by atoms with Gasteiger partial charge in [0.25, 0.3) is 0 Å². The topological polar surface area (TPSA) is 72.2 Å². The summed E-state index contributed by atoms with van der Waals surface area (Å²) in [7, 11) is 0. The molecule has 0 bridgehead atoms. The summed E-state index contributed by atoms with van der Waals surface area (Å²) in [5.41, 5.74) is 6.11. The third kappa shape index (κ3) is 4.24. The third-order valence-electron chi connectivity index (χ3n) is 3.89. The van der Waals surface area contributed by atoms with Crippen LogP contribution in [0.1, 0.15) is 16.3 Å². The van der Waals surface area contributed by atoms with Gasteiger partial charge in [-0.2, -0.15) is 10.2 Å². The van der Waals surface area contributed by atoms with Gasteiger partial charge in [-0.1, -0.05) is 24.3 Å². The van der Waals surface area contributed by atoms with Crippen molar-refractivity contribution in [1.82, 2.24) is 20.2 Å². The van der Waals surface area contributed by atoms with Crippen LogP contribution in [0.5, 0.6) is 0 Å². The molecule has 3 heterocycles. The normalized spacial score (nSPS) is 11.2. The first kappa shape index (κ1) is 18.3. The Hall–Kier alpha value is -3.10. The molecule has 0 spiro atoms. The minimum absolute atomic E-state index is 0.196. The van der Waals surface area contributed by atoms with Crippen LogP contribution in [0.3, 0.4) is 0 Å². The van der Waals surface area contributed by atoms with Crippen LogP contribution < -0.4 is 5.43 Å². The molecule has 8 heteroatoms. The second kappa shape index (κ2) is 8.28. The zero-order valence-electron chi connectivity index (χ0n) is 15.1. The molecule has 0 unspecified atom stereocenters. The van der Waals surface area contributed by atoms with Crippen molar-refractivity contribution in [2.24, 2.45) is 5.10 Å². The summed E-state index contributed by atoms with van der Waals surface area (Å²) < 4.78 is 1.82. The predicted molar refractivity (Wildman–Crippen MR) is 113 cm³/mol. The number of rotatable bonds is 6. The maximum absolute atomic E-state index is 12.1. The van der Waals surface area contributed by atoms with Gasteiger partial charge in [-0.15, -0.1) is 22.7 Å². The quantitative estimate of drug-likeness (QED) is 0.387. The fourth-order valence-corrected chi connectivity index (χ4v) is 4.14. The molecule has 0 aliphatic rings. The first-order valence-corrected chi connectivity index (χ1v) is 10.4. The summed E-state index contributed by atoms with van der Waals surface area (Å²) in [5.74, 6) is -0.196. The Morgan fingerprint density at radius 3 is 2.79 bits per heavy atom. The van der Waals surface area contributed by atoms with Crippen LogP contribution in [0.4, 0.5) is 0 Å². The first-order chi connectivity index (χ1) is 13.7. The molecule has 0 atom stereocenters. The number of hydrogen-bond donors (Lipinski definition) is 1. The maximum atomic E-state index is 12.1. The average Bonchev–Trinajstić information content (AvgIpc) is 3.43. The van der Waals surface area contributed by atoms with Crippen molar-refractivity contribution in [3.05, 3.63) is 75.7 Å². The number of aromatic nitrogens is 3. The van der Waals surface area contributed by atoms with Crippen molar-refractivity contribution in [2.45, 2.75) is 13.3 Å². The molecule has 140 valence electrons. The van der Waals surface area contributed by atoms with Gasteiger partial charge in [-0.3, -0.25) is 4.79 Å². The van der Waals surface area contributed by atoms with Crippen LogP contribution >= 0.6 is 22.7 Å². The van der Waals surface area contributed by atoms with Gasteiger partial charge in [0.2, 0.25) is 5.91 Å². The average molecular weight is 408 g/mol. The largest absolute Gasteiger partial charge is 0.273 e. The van der Waals surface area contributed by atoms with Gasteiger partial charge >= 0.3 is 0 Å². The molecular formula is C20H17N5OS2. The van der Waals surface area contributed by atoms with Crippen molar-refractivity contribution in [2.75, 3.05) is 0 Å². The van der Waals surface area contributed by atoms with Crippen LogP contribution in [0, 0.1) is 6.92 Å². The number of amides is 1. The van der Waals surface area contributed by atoms with E-state index < -0.39 is 0 Å². The van der Waals surface area contributed by atoms with Crippen LogP contribution in [0.25, 0.3) is 16.3 Å². The number of nitrogens with zero attached hydrogens (tertiary/aromatic N) is 4. The zero-order valence-corrected chi connectivity index (χ0v) is 16.7. The van der Waals surface area contributed by atoms with Crippen LogP contribution in [0.2, 0.25) is 0 Å². The van der Waals surface area contributed by atoms with E-state index in [4.69, 9.17) is 5.10 Å². The highest BCUT2D eigenvalue weighted by Crippen LogP contribution is 2.26. The van der Waals surface area contributed by atoms with E-state index >= 15 is 0 Å². The SMILES string of the molecule is Cc1csc(CC(=O)N/N=C\c2cn(-c3ccccc3)nc2-c2cccs2)n1. The number of carbonyl (C=O) groups excluding carboxylic acids is 1. The summed E-state index contributed by atoms with van der Waals surface area (Å²) in [4.78, 5) is 17.4. The van der Waals surface area contributed by atoms with E-state index in [2.05, 4.69) is 15.5 Å². The number of hydrogen-bond acceptors (Lipinski definition) is 6. The van der Waals surface area contributed by atoms with E-state index in [1.165, 1.54) is 11.3 Å². The molecule has 0 aliphatic carbocycles. The Morgan fingerprint density at radius 1 is 1.21 bits per heavy atom. The summed E-state index contributed by atoms with van der Waals surface area (Å²) >= 11 is 3.08. The monoisotopic (exact) mass is 407 g/mol. The second-order valence-electron chi connectivity index (χ2n) is 6.04. The summed E-state index contributed by atoms with van der Waals surface area (Å²) in [5, 5.41) is 13.5. The molecule has 6 nitrogen and oxygen atoms in total. The van der Waals surface area contributed by atoms with Crippen molar-refractivity contribution >= 4 is 34.8 Å². The van der Waals surface area contributed by atoms with Gasteiger partial charge in [0.05, 0.1) is 23.2 Å². The Labute approximate surface area is 170 Å². The number of carbonyl (C=O) groups is 1. The number of hydrazone groups is 1. The second-order valence-corrected chi connectivity index (χ2v) is 7.93. The zero-order chi connectivity index (χ0) is 19.3. The van der Waals surface area contributed by atoms with Crippen LogP contribution in [-0.2, 0) is 11.2 Å². The summed E-state index contributed by atoms with van der Waals surface area (Å²) in [6, 6.07) is 13.9. The van der Waals surface area contributed by atoms with Gasteiger partial charge < -0.3 is 0 Å². The van der Waals surface area contributed by atoms with Gasteiger partial charge in [0.15, 0.2) is 0 Å². The highest BCUT2D eigenvalue weighted by atomic mass is 32.1. The van der Waals surface area contributed by atoms with Crippen molar-refractivity contribution in [3.63, 3.8) is 0 Å². The van der Waals surface area contributed by atoms with E-state index in [1.54, 1.807) is 17.6 Å². The lowest BCUT2D eigenvalue weighted by Gasteiger charge is -1.98. The highest BCUT2D eigenvalue weighted by Gasteiger charge is 2.12. The molecule has 1 aromatic carbocycles. The molecule has 0 saturated heterocycles. The van der Waals surface area contributed by atoms with Crippen molar-refractivity contribution in [1.29, 1.82) is 0 Å². The third-order valence-corrected chi connectivity index (χ3v) is 5.73. The van der Waals surface area contributed by atoms with Crippen LogP contribution in [-0.4, -0.2) is 26.9 Å². The van der Waals surface area contributed by atoms with Gasteiger partial charge in [0.1, 0.15) is 10.7 Å². The molecule has 4 rings (SSSR count). The molecule has 1 amide bonds. The first-order valence-electron chi connectivity index (χ1n) is 8.61. The Morgan fingerprint density at radius 2 is 2.07 bits per heavy atom. The number of benzene rings is 1.